The van der Waals surface area contributed by atoms with Crippen molar-refractivity contribution in [1.29, 1.82) is 0 Å². The maximum Gasteiger partial charge on any atom is 0.341 e. The number of unbranched alkanes of at least 4 members (excludes halogenated alkanes) is 2. The number of anilines is 1. The first-order valence-corrected chi connectivity index (χ1v) is 9.72. The molecule has 0 spiro atoms. The van der Waals surface area contributed by atoms with E-state index in [-0.39, 0.29) is 11.7 Å². The summed E-state index contributed by atoms with van der Waals surface area (Å²) in [6, 6.07) is 3.41. The van der Waals surface area contributed by atoms with Gasteiger partial charge < -0.3 is 19.2 Å². The minimum absolute atomic E-state index is 0.0154. The van der Waals surface area contributed by atoms with Crippen LogP contribution in [0.4, 0.5) is 5.69 Å². The summed E-state index contributed by atoms with van der Waals surface area (Å²) in [6.45, 7) is 6.29. The van der Waals surface area contributed by atoms with E-state index in [2.05, 4.69) is 12.2 Å². The lowest BCUT2D eigenvalue weighted by molar-refractivity contribution is -0.131. The monoisotopic (exact) mass is 373 g/mol. The van der Waals surface area contributed by atoms with Crippen molar-refractivity contribution in [2.24, 2.45) is 0 Å². The van der Waals surface area contributed by atoms with E-state index in [1.165, 1.54) is 6.92 Å². The molecule has 3 rings (SSSR count). The zero-order valence-corrected chi connectivity index (χ0v) is 16.2. The fourth-order valence-corrected chi connectivity index (χ4v) is 3.48. The lowest BCUT2D eigenvalue weighted by Crippen LogP contribution is -2.20. The van der Waals surface area contributed by atoms with Crippen LogP contribution in [0, 0.1) is 0 Å². The summed E-state index contributed by atoms with van der Waals surface area (Å²) in [4.78, 5) is 24.0. The fourth-order valence-electron chi connectivity index (χ4n) is 3.48. The van der Waals surface area contributed by atoms with Gasteiger partial charge in [-0.1, -0.05) is 19.8 Å². The predicted molar refractivity (Wildman–Crippen MR) is 105 cm³/mol. The zero-order valence-electron chi connectivity index (χ0n) is 16.2. The number of carbonyl (C=O) groups is 1. The van der Waals surface area contributed by atoms with Crippen LogP contribution in [0.25, 0.3) is 11.0 Å². The number of nitrogens with one attached hydrogen (secondary N) is 1. The Kier molecular flexibility index (Phi) is 6.04. The summed E-state index contributed by atoms with van der Waals surface area (Å²) in [5, 5.41) is 3.88. The van der Waals surface area contributed by atoms with Gasteiger partial charge in [0.15, 0.2) is 0 Å². The summed E-state index contributed by atoms with van der Waals surface area (Å²) in [6.07, 6.45) is 5.87. The molecule has 0 saturated carbocycles. The van der Waals surface area contributed by atoms with Crippen LogP contribution in [-0.4, -0.2) is 18.6 Å². The molecule has 1 N–H and O–H groups in total. The Labute approximate surface area is 158 Å². The number of ether oxygens (including phenoxy) is 2. The van der Waals surface area contributed by atoms with E-state index < -0.39 is 5.97 Å². The minimum Gasteiger partial charge on any atom is -0.490 e. The number of hydrogen-bond acceptors (Lipinski definition) is 6. The average molecular weight is 373 g/mol. The Morgan fingerprint density at radius 2 is 2.15 bits per heavy atom. The highest BCUT2D eigenvalue weighted by atomic mass is 16.5. The van der Waals surface area contributed by atoms with Gasteiger partial charge in [0.1, 0.15) is 17.1 Å². The molecule has 0 aliphatic carbocycles. The second kappa shape index (κ2) is 8.46. The van der Waals surface area contributed by atoms with Crippen molar-refractivity contribution in [3.05, 3.63) is 28.1 Å². The second-order valence-corrected chi connectivity index (χ2v) is 7.09. The number of fused-ring (bicyclic) bond motifs is 3. The number of esters is 1. The van der Waals surface area contributed by atoms with E-state index >= 15 is 0 Å². The van der Waals surface area contributed by atoms with Gasteiger partial charge in [-0.05, 0) is 32.6 Å². The molecule has 27 heavy (non-hydrogen) atoms. The Balaban J connectivity index is 2.02. The zero-order chi connectivity index (χ0) is 19.4. The molecule has 0 saturated heterocycles. The maximum absolute atomic E-state index is 12.4. The number of hydrogen-bond donors (Lipinski definition) is 1. The first-order chi connectivity index (χ1) is 13.0. The van der Waals surface area contributed by atoms with Crippen LogP contribution in [0.15, 0.2) is 21.3 Å². The Bertz CT molecular complexity index is 886. The van der Waals surface area contributed by atoms with E-state index in [4.69, 9.17) is 13.9 Å². The normalized spacial score (nSPS) is 14.3. The van der Waals surface area contributed by atoms with Gasteiger partial charge in [-0.15, -0.1) is 0 Å². The van der Waals surface area contributed by atoms with Crippen molar-refractivity contribution in [2.45, 2.75) is 65.4 Å². The minimum atomic E-state index is -0.430. The number of carbonyl (C=O) groups excluding carboxylic acids is 1. The average Bonchev–Trinajstić information content (AvgIpc) is 2.61. The highest BCUT2D eigenvalue weighted by molar-refractivity contribution is 5.99. The lowest BCUT2D eigenvalue weighted by atomic mass is 10.0. The van der Waals surface area contributed by atoms with E-state index in [1.807, 2.05) is 6.92 Å². The van der Waals surface area contributed by atoms with Crippen molar-refractivity contribution in [1.82, 2.24) is 0 Å². The van der Waals surface area contributed by atoms with Gasteiger partial charge in [-0.3, -0.25) is 4.79 Å². The van der Waals surface area contributed by atoms with Gasteiger partial charge in [0, 0.05) is 25.6 Å². The summed E-state index contributed by atoms with van der Waals surface area (Å²) >= 11 is 0. The molecule has 1 aromatic heterocycles. The van der Waals surface area contributed by atoms with E-state index in [9.17, 15) is 9.59 Å². The Morgan fingerprint density at radius 3 is 2.89 bits per heavy atom. The van der Waals surface area contributed by atoms with Gasteiger partial charge in [-0.2, -0.15) is 0 Å². The molecule has 6 nitrogen and oxygen atoms in total. The first-order valence-electron chi connectivity index (χ1n) is 9.72. The molecule has 1 atom stereocenters. The Morgan fingerprint density at radius 1 is 1.33 bits per heavy atom. The van der Waals surface area contributed by atoms with Crippen molar-refractivity contribution in [2.75, 3.05) is 11.9 Å². The number of benzene rings is 1. The van der Waals surface area contributed by atoms with Crippen LogP contribution in [-0.2, 0) is 11.2 Å². The fraction of sp³-hybridized carbons (Fsp3) is 0.524. The molecule has 1 aliphatic heterocycles. The van der Waals surface area contributed by atoms with Gasteiger partial charge >= 0.3 is 11.6 Å². The highest BCUT2D eigenvalue weighted by Crippen LogP contribution is 2.39. The third-order valence-electron chi connectivity index (χ3n) is 4.75. The molecule has 1 aliphatic rings. The second-order valence-electron chi connectivity index (χ2n) is 7.09. The smallest absolute Gasteiger partial charge is 0.341 e. The Hall–Kier alpha value is -2.50. The molecule has 0 amide bonds. The van der Waals surface area contributed by atoms with Crippen LogP contribution >= 0.6 is 0 Å². The lowest BCUT2D eigenvalue weighted by Gasteiger charge is -2.21. The largest absolute Gasteiger partial charge is 0.490 e. The SMILES string of the molecule is CCCCCC(C)Oc1cc(OC(C)=O)c2c3c(c(=O)oc2c1)CCCN3. The van der Waals surface area contributed by atoms with Crippen molar-refractivity contribution in [3.63, 3.8) is 0 Å². The van der Waals surface area contributed by atoms with Crippen molar-refractivity contribution in [3.8, 4) is 11.5 Å². The quantitative estimate of drug-likeness (QED) is 0.335. The third-order valence-corrected chi connectivity index (χ3v) is 4.75. The van der Waals surface area contributed by atoms with Crippen LogP contribution < -0.4 is 20.4 Å². The molecule has 0 radical (unpaired) electrons. The summed E-state index contributed by atoms with van der Waals surface area (Å²) < 4.78 is 17.0. The molecule has 0 bridgehead atoms. The van der Waals surface area contributed by atoms with Gasteiger partial charge in [0.2, 0.25) is 0 Å². The highest BCUT2D eigenvalue weighted by Gasteiger charge is 2.22. The van der Waals surface area contributed by atoms with E-state index in [0.29, 0.717) is 40.1 Å². The van der Waals surface area contributed by atoms with Gasteiger partial charge in [0.05, 0.1) is 22.7 Å². The molecule has 146 valence electrons. The van der Waals surface area contributed by atoms with Crippen LogP contribution in [0.3, 0.4) is 0 Å². The summed E-state index contributed by atoms with van der Waals surface area (Å²) in [5.74, 6) is 0.451. The summed E-state index contributed by atoms with van der Waals surface area (Å²) in [5.41, 5.74) is 1.31. The van der Waals surface area contributed by atoms with Gasteiger partial charge in [0.25, 0.3) is 0 Å². The standard InChI is InChI=1S/C21H27NO5/c1-4-5-6-8-13(2)25-15-11-17(26-14(3)23)19-18(12-15)27-21(24)16-9-7-10-22-20(16)19/h11-13,22H,4-10H2,1-3H3. The van der Waals surface area contributed by atoms with E-state index in [1.54, 1.807) is 12.1 Å². The molecule has 2 aromatic rings. The topological polar surface area (TPSA) is 77.8 Å². The molecule has 1 aromatic carbocycles. The van der Waals surface area contributed by atoms with Crippen LogP contribution in [0.5, 0.6) is 11.5 Å². The molecule has 0 fully saturated rings. The van der Waals surface area contributed by atoms with Crippen molar-refractivity contribution >= 4 is 22.6 Å². The third kappa shape index (κ3) is 4.43. The molecular formula is C21H27NO5. The predicted octanol–water partition coefficient (Wildman–Crippen LogP) is 4.42. The number of rotatable bonds is 7. The summed E-state index contributed by atoms with van der Waals surface area (Å²) in [7, 11) is 0. The van der Waals surface area contributed by atoms with E-state index in [0.717, 1.165) is 38.6 Å². The molecular weight excluding hydrogens is 346 g/mol. The molecule has 6 heteroatoms. The van der Waals surface area contributed by atoms with Crippen molar-refractivity contribution < 1.29 is 18.7 Å². The molecule has 1 unspecified atom stereocenters. The van der Waals surface area contributed by atoms with Crippen LogP contribution in [0.1, 0.15) is 58.4 Å². The first kappa shape index (κ1) is 19.3. The maximum atomic E-state index is 12.4. The van der Waals surface area contributed by atoms with Crippen LogP contribution in [0.2, 0.25) is 0 Å². The molecule has 2 heterocycles. The van der Waals surface area contributed by atoms with Gasteiger partial charge in [-0.25, -0.2) is 4.79 Å².